The zero-order chi connectivity index (χ0) is 17.2. The van der Waals surface area contributed by atoms with Gasteiger partial charge in [-0.1, -0.05) is 31.7 Å². The van der Waals surface area contributed by atoms with E-state index < -0.39 is 0 Å². The minimum absolute atomic E-state index is 0.0847. The number of rotatable bonds is 8. The van der Waals surface area contributed by atoms with Gasteiger partial charge in [-0.2, -0.15) is 0 Å². The van der Waals surface area contributed by atoms with Crippen LogP contribution in [0, 0.1) is 0 Å². The van der Waals surface area contributed by atoms with Crippen LogP contribution in [-0.4, -0.2) is 14.1 Å². The van der Waals surface area contributed by atoms with Gasteiger partial charge in [-0.3, -0.25) is 0 Å². The molecule has 1 rings (SSSR count). The molecule has 0 bridgehead atoms. The van der Waals surface area contributed by atoms with Gasteiger partial charge in [-0.15, -0.1) is 0 Å². The smallest absolute Gasteiger partial charge is 0.100 e. The summed E-state index contributed by atoms with van der Waals surface area (Å²) < 4.78 is 14.2. The Morgan fingerprint density at radius 3 is 2.57 bits per heavy atom. The van der Waals surface area contributed by atoms with Gasteiger partial charge in [0.05, 0.1) is 17.1 Å². The van der Waals surface area contributed by atoms with E-state index in [4.69, 9.17) is 0 Å². The maximum absolute atomic E-state index is 13.2. The van der Waals surface area contributed by atoms with Gasteiger partial charge in [0.15, 0.2) is 0 Å². The van der Waals surface area contributed by atoms with Crippen molar-refractivity contribution in [1.29, 1.82) is 0 Å². The van der Waals surface area contributed by atoms with Crippen molar-refractivity contribution in [3.05, 3.63) is 70.1 Å². The number of hydrogen-bond acceptors (Lipinski definition) is 3. The van der Waals surface area contributed by atoms with E-state index in [9.17, 15) is 4.39 Å². The van der Waals surface area contributed by atoms with Crippen LogP contribution in [0.15, 0.2) is 70.1 Å². The Labute approximate surface area is 146 Å². The van der Waals surface area contributed by atoms with E-state index in [1.165, 1.54) is 6.08 Å². The van der Waals surface area contributed by atoms with Crippen molar-refractivity contribution in [2.45, 2.75) is 26.2 Å². The molecule has 23 heavy (non-hydrogen) atoms. The van der Waals surface area contributed by atoms with Gasteiger partial charge in [0.25, 0.3) is 0 Å². The van der Waals surface area contributed by atoms with Gasteiger partial charge in [0, 0.05) is 31.2 Å². The first-order valence-electron chi connectivity index (χ1n) is 7.66. The lowest BCUT2D eigenvalue weighted by Gasteiger charge is -2.21. The number of nitrogens with one attached hydrogen (secondary N) is 3. The second-order valence-electron chi connectivity index (χ2n) is 5.02. The normalized spacial score (nSPS) is 16.5. The van der Waals surface area contributed by atoms with Crippen LogP contribution in [0.1, 0.15) is 26.2 Å². The van der Waals surface area contributed by atoms with Crippen LogP contribution in [0.25, 0.3) is 0 Å². The summed E-state index contributed by atoms with van der Waals surface area (Å²) in [6.07, 6.45) is 11.3. The largest absolute Gasteiger partial charge is 0.387 e. The van der Waals surface area contributed by atoms with Gasteiger partial charge >= 0.3 is 0 Å². The van der Waals surface area contributed by atoms with Crippen molar-refractivity contribution < 1.29 is 4.39 Å². The Hall–Kier alpha value is -1.75. The summed E-state index contributed by atoms with van der Waals surface area (Å²) in [5.74, 6) is -0.0847. The van der Waals surface area contributed by atoms with Crippen LogP contribution < -0.4 is 16.0 Å². The van der Waals surface area contributed by atoms with Gasteiger partial charge in [-0.25, -0.2) is 4.39 Å². The average Bonchev–Trinajstić information content (AvgIpc) is 2.57. The maximum atomic E-state index is 13.2. The summed E-state index contributed by atoms with van der Waals surface area (Å²) in [4.78, 5) is 0. The molecule has 0 atom stereocenters. The molecular formula is C18H25BrFN3. The molecule has 3 N–H and O–H groups in total. The molecule has 0 heterocycles. The van der Waals surface area contributed by atoms with Crippen molar-refractivity contribution in [2.75, 3.05) is 14.1 Å². The highest BCUT2D eigenvalue weighted by atomic mass is 79.9. The topological polar surface area (TPSA) is 36.1 Å². The fourth-order valence-electron chi connectivity index (χ4n) is 2.12. The molecule has 3 nitrogen and oxygen atoms in total. The minimum atomic E-state index is -0.0847. The van der Waals surface area contributed by atoms with Crippen molar-refractivity contribution in [2.24, 2.45) is 0 Å². The van der Waals surface area contributed by atoms with E-state index in [2.05, 4.69) is 51.5 Å². The lowest BCUT2D eigenvalue weighted by atomic mass is 9.99. The Kier molecular flexibility index (Phi) is 8.48. The second kappa shape index (κ2) is 10.1. The summed E-state index contributed by atoms with van der Waals surface area (Å²) in [6.45, 7) is 6.12. The van der Waals surface area contributed by atoms with Crippen molar-refractivity contribution in [1.82, 2.24) is 16.0 Å². The molecule has 5 heteroatoms. The highest BCUT2D eigenvalue weighted by Crippen LogP contribution is 2.26. The zero-order valence-electron chi connectivity index (χ0n) is 14.0. The highest BCUT2D eigenvalue weighted by Gasteiger charge is 2.15. The van der Waals surface area contributed by atoms with E-state index in [0.29, 0.717) is 12.8 Å². The Morgan fingerprint density at radius 1 is 1.30 bits per heavy atom. The molecule has 0 unspecified atom stereocenters. The van der Waals surface area contributed by atoms with Gasteiger partial charge < -0.3 is 16.0 Å². The number of halogens is 2. The lowest BCUT2D eigenvalue weighted by Crippen LogP contribution is -2.24. The molecule has 1 aliphatic carbocycles. The van der Waals surface area contributed by atoms with Gasteiger partial charge in [-0.05, 0) is 40.4 Å². The third kappa shape index (κ3) is 6.10. The molecule has 0 aliphatic heterocycles. The van der Waals surface area contributed by atoms with Crippen molar-refractivity contribution in [3.8, 4) is 0 Å². The van der Waals surface area contributed by atoms with Gasteiger partial charge in [0.2, 0.25) is 0 Å². The summed E-state index contributed by atoms with van der Waals surface area (Å²) in [6, 6.07) is 0. The number of allylic oxidation sites excluding steroid dienone is 7. The van der Waals surface area contributed by atoms with Crippen LogP contribution >= 0.6 is 15.9 Å². The van der Waals surface area contributed by atoms with Crippen molar-refractivity contribution >= 4 is 15.9 Å². The zero-order valence-corrected chi connectivity index (χ0v) is 15.6. The van der Waals surface area contributed by atoms with Crippen LogP contribution in [0.5, 0.6) is 0 Å². The molecular weight excluding hydrogens is 357 g/mol. The first kappa shape index (κ1) is 19.3. The van der Waals surface area contributed by atoms with Crippen LogP contribution in [0.4, 0.5) is 4.39 Å². The van der Waals surface area contributed by atoms with E-state index >= 15 is 0 Å². The monoisotopic (exact) mass is 381 g/mol. The molecule has 0 fully saturated rings. The molecule has 0 aromatic rings. The molecule has 0 saturated heterocycles. The molecule has 1 aliphatic rings. The number of hydrogen-bond donors (Lipinski definition) is 3. The Morgan fingerprint density at radius 2 is 2.04 bits per heavy atom. The first-order valence-corrected chi connectivity index (χ1v) is 8.46. The molecule has 0 radical (unpaired) electrons. The molecule has 126 valence electrons. The molecule has 0 amide bonds. The fraction of sp³-hybridized carbons (Fsp3) is 0.333. The average molecular weight is 382 g/mol. The maximum Gasteiger partial charge on any atom is 0.100 e. The summed E-state index contributed by atoms with van der Waals surface area (Å²) in [7, 11) is 3.67. The van der Waals surface area contributed by atoms with E-state index in [1.807, 2.05) is 32.4 Å². The predicted octanol–water partition coefficient (Wildman–Crippen LogP) is 4.52. The second-order valence-corrected chi connectivity index (χ2v) is 5.93. The standard InChI is InChI=1S/C18H25BrFN3/c1-5-6-7-15(19)12-23-17(13(2)21-3)18(22-4)14-8-10-16(20)11-9-14/h6-8,10,12,21-23H,2,5,9,11H2,1,3-4H3/b7-6-,15-12+,18-17-. The van der Waals surface area contributed by atoms with Crippen LogP contribution in [0.3, 0.4) is 0 Å². The third-order valence-corrected chi connectivity index (χ3v) is 3.88. The van der Waals surface area contributed by atoms with E-state index in [1.54, 1.807) is 0 Å². The minimum Gasteiger partial charge on any atom is -0.387 e. The first-order chi connectivity index (χ1) is 11.0. The SMILES string of the molecule is C=C(NC)/C(N/C=C(Br)\C=C/CC)=C(/NC)C1=CC=C(F)CC1. The van der Waals surface area contributed by atoms with E-state index in [0.717, 1.165) is 33.6 Å². The highest BCUT2D eigenvalue weighted by molar-refractivity contribution is 9.11. The van der Waals surface area contributed by atoms with E-state index in [-0.39, 0.29) is 5.83 Å². The number of likely N-dealkylation sites (N-methyl/N-ethyl adjacent to an activating group) is 2. The third-order valence-electron chi connectivity index (χ3n) is 3.39. The molecule has 0 aromatic heterocycles. The van der Waals surface area contributed by atoms with Crippen LogP contribution in [0.2, 0.25) is 0 Å². The fourth-order valence-corrected chi connectivity index (χ4v) is 2.42. The van der Waals surface area contributed by atoms with Gasteiger partial charge in [0.1, 0.15) is 5.83 Å². The quantitative estimate of drug-likeness (QED) is 0.541. The Balaban J connectivity index is 3.16. The van der Waals surface area contributed by atoms with Crippen molar-refractivity contribution in [3.63, 3.8) is 0 Å². The summed E-state index contributed by atoms with van der Waals surface area (Å²) in [5, 5.41) is 9.54. The summed E-state index contributed by atoms with van der Waals surface area (Å²) >= 11 is 3.50. The summed E-state index contributed by atoms with van der Waals surface area (Å²) in [5.41, 5.74) is 3.53. The molecule has 0 spiro atoms. The lowest BCUT2D eigenvalue weighted by molar-refractivity contribution is 0.581. The Bertz CT molecular complexity index is 583. The molecule has 0 aromatic carbocycles. The predicted molar refractivity (Wildman–Crippen MR) is 100 cm³/mol. The molecule has 0 saturated carbocycles. The van der Waals surface area contributed by atoms with Crippen LogP contribution in [-0.2, 0) is 0 Å².